The Bertz CT molecular complexity index is 620. The van der Waals surface area contributed by atoms with E-state index in [1.54, 1.807) is 0 Å². The first-order valence-electron chi connectivity index (χ1n) is 13.1. The summed E-state index contributed by atoms with van der Waals surface area (Å²) in [4.78, 5) is 2.52. The second-order valence-electron chi connectivity index (χ2n) is 11.6. The third-order valence-electron chi connectivity index (χ3n) is 6.59. The van der Waals surface area contributed by atoms with Crippen LogP contribution >= 0.6 is 0 Å². The summed E-state index contributed by atoms with van der Waals surface area (Å²) < 4.78 is 6.13. The topological polar surface area (TPSA) is 50.5 Å². The van der Waals surface area contributed by atoms with Crippen molar-refractivity contribution < 1.29 is 4.74 Å². The molecule has 0 saturated heterocycles. The largest absolute Gasteiger partial charge is 0.493 e. The lowest BCUT2D eigenvalue weighted by Crippen LogP contribution is -2.53. The number of benzene rings is 1. The number of nitrogens with two attached hydrogens (primary N) is 1. The summed E-state index contributed by atoms with van der Waals surface area (Å²) in [6.45, 7) is 17.4. The first kappa shape index (κ1) is 27.0. The summed E-state index contributed by atoms with van der Waals surface area (Å²) in [5.41, 5.74) is 7.59. The van der Waals surface area contributed by atoms with Gasteiger partial charge in [0.15, 0.2) is 0 Å². The molecule has 1 aromatic rings. The van der Waals surface area contributed by atoms with E-state index in [0.717, 1.165) is 44.3 Å². The number of rotatable bonds is 14. The van der Waals surface area contributed by atoms with E-state index in [-0.39, 0.29) is 11.6 Å². The zero-order valence-corrected chi connectivity index (χ0v) is 21.8. The predicted octanol–water partition coefficient (Wildman–Crippen LogP) is 6.24. The molecule has 0 bridgehead atoms. The van der Waals surface area contributed by atoms with Gasteiger partial charge in [0.2, 0.25) is 0 Å². The van der Waals surface area contributed by atoms with Gasteiger partial charge >= 0.3 is 0 Å². The van der Waals surface area contributed by atoms with Gasteiger partial charge in [0.05, 0.1) is 6.61 Å². The van der Waals surface area contributed by atoms with Crippen molar-refractivity contribution in [3.05, 3.63) is 24.3 Å². The van der Waals surface area contributed by atoms with Crippen molar-refractivity contribution >= 4 is 5.69 Å². The van der Waals surface area contributed by atoms with Crippen molar-refractivity contribution in [3.8, 4) is 5.75 Å². The lowest BCUT2D eigenvalue weighted by Gasteiger charge is -2.36. The summed E-state index contributed by atoms with van der Waals surface area (Å²) >= 11 is 0. The van der Waals surface area contributed by atoms with Gasteiger partial charge in [-0.3, -0.25) is 0 Å². The van der Waals surface area contributed by atoms with Crippen molar-refractivity contribution in [1.82, 2.24) is 5.32 Å². The first-order chi connectivity index (χ1) is 15.1. The van der Waals surface area contributed by atoms with Crippen LogP contribution in [0.3, 0.4) is 0 Å². The van der Waals surface area contributed by atoms with E-state index in [4.69, 9.17) is 10.5 Å². The Morgan fingerprint density at radius 1 is 1.03 bits per heavy atom. The third kappa shape index (κ3) is 10.6. The molecule has 0 heterocycles. The summed E-state index contributed by atoms with van der Waals surface area (Å²) in [5, 5.41) is 3.73. The highest BCUT2D eigenvalue weighted by molar-refractivity contribution is 5.49. The van der Waals surface area contributed by atoms with Gasteiger partial charge in [0.1, 0.15) is 5.75 Å². The minimum atomic E-state index is -0.0122. The molecular formula is C28H51N3O. The Kier molecular flexibility index (Phi) is 11.3. The van der Waals surface area contributed by atoms with Crippen LogP contribution in [0.1, 0.15) is 86.5 Å². The van der Waals surface area contributed by atoms with Crippen LogP contribution in [-0.4, -0.2) is 37.8 Å². The molecule has 32 heavy (non-hydrogen) atoms. The normalized spacial score (nSPS) is 16.5. The average Bonchev–Trinajstić information content (AvgIpc) is 2.74. The Hall–Kier alpha value is -1.26. The minimum absolute atomic E-state index is 0.0122. The molecule has 1 fully saturated rings. The van der Waals surface area contributed by atoms with Crippen molar-refractivity contribution in [2.45, 2.75) is 98.1 Å². The second-order valence-corrected chi connectivity index (χ2v) is 11.6. The van der Waals surface area contributed by atoms with E-state index in [0.29, 0.717) is 11.8 Å². The summed E-state index contributed by atoms with van der Waals surface area (Å²) in [5.74, 6) is 3.06. The third-order valence-corrected chi connectivity index (χ3v) is 6.59. The quantitative estimate of drug-likeness (QED) is 0.356. The van der Waals surface area contributed by atoms with Crippen LogP contribution in [0.2, 0.25) is 0 Å². The monoisotopic (exact) mass is 445 g/mol. The maximum absolute atomic E-state index is 6.33. The molecular weight excluding hydrogens is 394 g/mol. The summed E-state index contributed by atoms with van der Waals surface area (Å²) in [6, 6.07) is 8.98. The van der Waals surface area contributed by atoms with E-state index in [2.05, 4.69) is 76.0 Å². The van der Waals surface area contributed by atoms with Crippen LogP contribution in [0.4, 0.5) is 5.69 Å². The molecule has 1 aromatic carbocycles. The van der Waals surface area contributed by atoms with Crippen molar-refractivity contribution in [3.63, 3.8) is 0 Å². The lowest BCUT2D eigenvalue weighted by molar-refractivity contribution is 0.209. The van der Waals surface area contributed by atoms with Gasteiger partial charge in [-0.1, -0.05) is 47.0 Å². The highest BCUT2D eigenvalue weighted by atomic mass is 16.5. The average molecular weight is 446 g/mol. The standard InChI is InChI=1S/C28H51N3O/c1-22(2)16-17-31(21-28(5,6)30-19-25(29)18-23(3)4)26-12-14-27(15-13-26)32-20-24-10-8-7-9-11-24/h12-15,22-25,30H,7-11,16-21,29H2,1-6H3/t25-/m0/s1. The first-order valence-corrected chi connectivity index (χ1v) is 13.1. The second kappa shape index (κ2) is 13.4. The molecule has 0 amide bonds. The fraction of sp³-hybridized carbons (Fsp3) is 0.786. The van der Waals surface area contributed by atoms with Crippen molar-refractivity contribution in [2.24, 2.45) is 23.5 Å². The molecule has 1 aliphatic rings. The highest BCUT2D eigenvalue weighted by Gasteiger charge is 2.23. The molecule has 184 valence electrons. The molecule has 1 atom stereocenters. The van der Waals surface area contributed by atoms with Crippen LogP contribution < -0.4 is 20.7 Å². The molecule has 2 rings (SSSR count). The predicted molar refractivity (Wildman–Crippen MR) is 140 cm³/mol. The van der Waals surface area contributed by atoms with Gasteiger partial charge in [0, 0.05) is 36.9 Å². The zero-order valence-electron chi connectivity index (χ0n) is 21.8. The van der Waals surface area contributed by atoms with Gasteiger partial charge in [-0.15, -0.1) is 0 Å². The minimum Gasteiger partial charge on any atom is -0.493 e. The summed E-state index contributed by atoms with van der Waals surface area (Å²) in [7, 11) is 0. The number of hydrogen-bond acceptors (Lipinski definition) is 4. The molecule has 4 nitrogen and oxygen atoms in total. The molecule has 0 unspecified atom stereocenters. The van der Waals surface area contributed by atoms with Crippen molar-refractivity contribution in [2.75, 3.05) is 31.1 Å². The number of ether oxygens (including phenoxy) is 1. The number of anilines is 1. The summed E-state index contributed by atoms with van der Waals surface area (Å²) in [6.07, 6.45) is 9.01. The number of nitrogens with zero attached hydrogens (tertiary/aromatic N) is 1. The van der Waals surface area contributed by atoms with E-state index in [9.17, 15) is 0 Å². The number of nitrogens with one attached hydrogen (secondary N) is 1. The van der Waals surface area contributed by atoms with Crippen LogP contribution in [0.25, 0.3) is 0 Å². The van der Waals surface area contributed by atoms with Gasteiger partial charge < -0.3 is 20.7 Å². The Balaban J connectivity index is 1.95. The fourth-order valence-corrected chi connectivity index (χ4v) is 4.66. The molecule has 1 aliphatic carbocycles. The van der Waals surface area contributed by atoms with E-state index in [1.807, 2.05) is 0 Å². The van der Waals surface area contributed by atoms with Gasteiger partial charge in [0.25, 0.3) is 0 Å². The highest BCUT2D eigenvalue weighted by Crippen LogP contribution is 2.26. The SMILES string of the molecule is CC(C)CCN(CC(C)(C)NC[C@@H](N)CC(C)C)c1ccc(OCC2CCCCC2)cc1. The van der Waals surface area contributed by atoms with Gasteiger partial charge in [-0.25, -0.2) is 0 Å². The zero-order chi connectivity index (χ0) is 23.6. The van der Waals surface area contributed by atoms with Crippen LogP contribution in [-0.2, 0) is 0 Å². The van der Waals surface area contributed by atoms with E-state index < -0.39 is 0 Å². The molecule has 3 N–H and O–H groups in total. The van der Waals surface area contributed by atoms with Crippen LogP contribution in [0, 0.1) is 17.8 Å². The number of hydrogen-bond donors (Lipinski definition) is 2. The molecule has 0 aliphatic heterocycles. The Morgan fingerprint density at radius 2 is 1.69 bits per heavy atom. The smallest absolute Gasteiger partial charge is 0.119 e. The van der Waals surface area contributed by atoms with Gasteiger partial charge in [-0.2, -0.15) is 0 Å². The maximum Gasteiger partial charge on any atom is 0.119 e. The van der Waals surface area contributed by atoms with Crippen molar-refractivity contribution in [1.29, 1.82) is 0 Å². The fourth-order valence-electron chi connectivity index (χ4n) is 4.66. The van der Waals surface area contributed by atoms with Gasteiger partial charge in [-0.05, 0) is 81.5 Å². The lowest BCUT2D eigenvalue weighted by atomic mass is 9.90. The maximum atomic E-state index is 6.33. The molecule has 4 heteroatoms. The molecule has 0 aromatic heterocycles. The molecule has 0 radical (unpaired) electrons. The Morgan fingerprint density at radius 3 is 2.28 bits per heavy atom. The van der Waals surface area contributed by atoms with Crippen LogP contribution in [0.15, 0.2) is 24.3 Å². The van der Waals surface area contributed by atoms with Crippen LogP contribution in [0.5, 0.6) is 5.75 Å². The van der Waals surface area contributed by atoms with E-state index >= 15 is 0 Å². The van der Waals surface area contributed by atoms with E-state index in [1.165, 1.54) is 44.2 Å². The molecule has 0 spiro atoms. The Labute approximate surface area is 198 Å². The molecule has 1 saturated carbocycles.